The van der Waals surface area contributed by atoms with Gasteiger partial charge in [0, 0.05) is 22.7 Å². The molecule has 6 saturated carbocycles. The summed E-state index contributed by atoms with van der Waals surface area (Å²) in [7, 11) is 0. The number of allylic oxidation sites excluding steroid dienone is 2. The summed E-state index contributed by atoms with van der Waals surface area (Å²) in [5.41, 5.74) is 0.567. The third-order valence-corrected chi connectivity index (χ3v) is 10.6. The van der Waals surface area contributed by atoms with Gasteiger partial charge in [0.15, 0.2) is 5.79 Å². The Morgan fingerprint density at radius 2 is 1.46 bits per heavy atom. The second-order valence-corrected chi connectivity index (χ2v) is 10.2. The van der Waals surface area contributed by atoms with Crippen molar-refractivity contribution in [1.29, 1.82) is 0 Å². The van der Waals surface area contributed by atoms with Crippen LogP contribution in [0.1, 0.15) is 25.7 Å². The molecule has 8 rings (SSSR count). The summed E-state index contributed by atoms with van der Waals surface area (Å²) >= 11 is 0. The van der Waals surface area contributed by atoms with E-state index < -0.39 is 5.79 Å². The zero-order chi connectivity index (χ0) is 17.7. The highest BCUT2D eigenvalue weighted by Crippen LogP contribution is 3.07. The molecule has 2 nitrogen and oxygen atoms in total. The van der Waals surface area contributed by atoms with Crippen molar-refractivity contribution in [2.45, 2.75) is 37.1 Å². The molecule has 2 saturated heterocycles. The average Bonchev–Trinajstić information content (AvgIpc) is 3.12. The van der Waals surface area contributed by atoms with E-state index in [1.54, 1.807) is 0 Å². The van der Waals surface area contributed by atoms with Gasteiger partial charge in [0.05, 0.1) is 12.2 Å². The molecule has 10 atom stereocenters. The Balaban J connectivity index is 1.57. The summed E-state index contributed by atoms with van der Waals surface area (Å²) < 4.78 is 13.9. The van der Waals surface area contributed by atoms with Gasteiger partial charge < -0.3 is 9.47 Å². The molecular weight excluding hydrogens is 320 g/mol. The van der Waals surface area contributed by atoms with E-state index in [2.05, 4.69) is 44.5 Å². The first-order valence-corrected chi connectivity index (χ1v) is 10.4. The first-order valence-electron chi connectivity index (χ1n) is 10.4. The molecule has 0 radical (unpaired) electrons. The number of rotatable bonds is 8. The van der Waals surface area contributed by atoms with E-state index in [9.17, 15) is 0 Å². The molecular formula is C24H28O2. The molecule has 4 bridgehead atoms. The lowest BCUT2D eigenvalue weighted by atomic mass is 9.35. The van der Waals surface area contributed by atoms with E-state index in [4.69, 9.17) is 9.47 Å². The van der Waals surface area contributed by atoms with Crippen molar-refractivity contribution in [3.8, 4) is 0 Å². The molecule has 6 unspecified atom stereocenters. The average molecular weight is 348 g/mol. The Morgan fingerprint density at radius 3 is 2.08 bits per heavy atom. The first kappa shape index (κ1) is 14.9. The second-order valence-electron chi connectivity index (χ2n) is 10.2. The van der Waals surface area contributed by atoms with Gasteiger partial charge in [-0.2, -0.15) is 0 Å². The minimum Gasteiger partial charge on any atom is -0.345 e. The predicted octanol–water partition coefficient (Wildman–Crippen LogP) is 4.51. The van der Waals surface area contributed by atoms with Crippen molar-refractivity contribution in [3.05, 3.63) is 50.6 Å². The highest BCUT2D eigenvalue weighted by molar-refractivity contribution is 5.57. The lowest BCUT2D eigenvalue weighted by molar-refractivity contribution is -0.285. The predicted molar refractivity (Wildman–Crippen MR) is 100.0 cm³/mol. The first-order chi connectivity index (χ1) is 12.6. The number of hydrogen-bond acceptors (Lipinski definition) is 2. The highest BCUT2D eigenvalue weighted by atomic mass is 16.7. The van der Waals surface area contributed by atoms with Gasteiger partial charge >= 0.3 is 0 Å². The summed E-state index contributed by atoms with van der Waals surface area (Å²) in [6, 6.07) is 0. The van der Waals surface area contributed by atoms with Crippen LogP contribution in [0.4, 0.5) is 0 Å². The molecule has 0 N–H and O–H groups in total. The normalized spacial score (nSPS) is 64.3. The van der Waals surface area contributed by atoms with Gasteiger partial charge in [0.25, 0.3) is 0 Å². The van der Waals surface area contributed by atoms with Crippen LogP contribution < -0.4 is 0 Å². The van der Waals surface area contributed by atoms with Crippen LogP contribution in [-0.2, 0) is 9.47 Å². The van der Waals surface area contributed by atoms with Gasteiger partial charge in [-0.15, -0.1) is 26.3 Å². The van der Waals surface area contributed by atoms with Crippen LogP contribution in [0, 0.1) is 51.8 Å². The van der Waals surface area contributed by atoms with Gasteiger partial charge in [-0.3, -0.25) is 0 Å². The molecule has 8 fully saturated rings. The van der Waals surface area contributed by atoms with Crippen LogP contribution in [0.15, 0.2) is 50.6 Å². The van der Waals surface area contributed by atoms with E-state index in [1.807, 2.05) is 6.08 Å². The smallest absolute Gasteiger partial charge is 0.180 e. The van der Waals surface area contributed by atoms with Crippen molar-refractivity contribution in [1.82, 2.24) is 0 Å². The largest absolute Gasteiger partial charge is 0.345 e. The van der Waals surface area contributed by atoms with Gasteiger partial charge in [0.1, 0.15) is 0 Å². The van der Waals surface area contributed by atoms with E-state index in [1.165, 1.54) is 12.8 Å². The van der Waals surface area contributed by atoms with Crippen LogP contribution in [0.2, 0.25) is 0 Å². The Labute approximate surface area is 156 Å². The zero-order valence-electron chi connectivity index (χ0n) is 15.5. The van der Waals surface area contributed by atoms with Crippen molar-refractivity contribution in [2.75, 3.05) is 6.61 Å². The molecule has 0 aromatic rings. The SMILES string of the molecule is C=CCO[C@@]12O[C@@]3(C=C)C4C5C6C(C(C41)C51CC1)[C@]2(CC=C)[C@]63CC=C. The van der Waals surface area contributed by atoms with Crippen LogP contribution in [0.25, 0.3) is 0 Å². The third kappa shape index (κ3) is 0.860. The minimum absolute atomic E-state index is 0.0600. The monoisotopic (exact) mass is 348 g/mol. The van der Waals surface area contributed by atoms with Crippen molar-refractivity contribution >= 4 is 0 Å². The fourth-order valence-corrected chi connectivity index (χ4v) is 11.0. The van der Waals surface area contributed by atoms with Crippen LogP contribution in [0.5, 0.6) is 0 Å². The molecule has 2 aliphatic heterocycles. The Hall–Kier alpha value is -1.12. The summed E-state index contributed by atoms with van der Waals surface area (Å²) in [5.74, 6) is 3.87. The summed E-state index contributed by atoms with van der Waals surface area (Å²) in [5, 5.41) is 0. The third-order valence-electron chi connectivity index (χ3n) is 10.6. The number of ether oxygens (including phenoxy) is 2. The Bertz CT molecular complexity index is 809. The topological polar surface area (TPSA) is 18.5 Å². The van der Waals surface area contributed by atoms with E-state index >= 15 is 0 Å². The molecule has 0 aromatic carbocycles. The van der Waals surface area contributed by atoms with E-state index in [0.29, 0.717) is 23.9 Å². The van der Waals surface area contributed by atoms with Gasteiger partial charge in [-0.25, -0.2) is 0 Å². The number of hydrogen-bond donors (Lipinski definition) is 0. The maximum absolute atomic E-state index is 7.14. The Kier molecular flexibility index (Phi) is 2.14. The summed E-state index contributed by atoms with van der Waals surface area (Å²) in [6.07, 6.45) is 13.3. The minimum atomic E-state index is -0.454. The van der Waals surface area contributed by atoms with Gasteiger partial charge in [0.2, 0.25) is 0 Å². The van der Waals surface area contributed by atoms with Gasteiger partial charge in [-0.05, 0) is 54.8 Å². The van der Waals surface area contributed by atoms with Gasteiger partial charge in [-0.1, -0.05) is 24.3 Å². The van der Waals surface area contributed by atoms with E-state index in [-0.39, 0.29) is 16.4 Å². The molecule has 26 heavy (non-hydrogen) atoms. The van der Waals surface area contributed by atoms with Crippen LogP contribution >= 0.6 is 0 Å². The standard InChI is InChI=1S/C24H28O2/c1-5-9-21-16-14-18-19-15(20(14)11-12-20)17(16)22(21,10-6-2)24(19,25-13-7-3)26-23(18,21)8-4/h5-8,14-19H,1-4,9-13H2/t14?,15?,16?,17?,18?,19?,21-,22+,23-,24+/m0/s1. The van der Waals surface area contributed by atoms with Crippen molar-refractivity contribution in [2.24, 2.45) is 51.8 Å². The fourth-order valence-electron chi connectivity index (χ4n) is 11.0. The quantitative estimate of drug-likeness (QED) is 0.601. The second kappa shape index (κ2) is 3.73. The van der Waals surface area contributed by atoms with E-state index in [0.717, 1.165) is 36.5 Å². The fraction of sp³-hybridized carbons (Fsp3) is 0.667. The molecule has 6 aliphatic carbocycles. The van der Waals surface area contributed by atoms with Crippen LogP contribution in [-0.4, -0.2) is 18.0 Å². The van der Waals surface area contributed by atoms with Crippen molar-refractivity contribution in [3.63, 3.8) is 0 Å². The maximum atomic E-state index is 7.14. The lowest BCUT2D eigenvalue weighted by Crippen LogP contribution is -2.70. The molecule has 2 heterocycles. The maximum Gasteiger partial charge on any atom is 0.180 e. The Morgan fingerprint density at radius 1 is 0.808 bits per heavy atom. The molecule has 136 valence electrons. The zero-order valence-corrected chi connectivity index (χ0v) is 15.5. The van der Waals surface area contributed by atoms with Crippen LogP contribution in [0.3, 0.4) is 0 Å². The molecule has 1 spiro atoms. The summed E-state index contributed by atoms with van der Waals surface area (Å²) in [4.78, 5) is 0. The molecule has 2 heteroatoms. The summed E-state index contributed by atoms with van der Waals surface area (Å²) in [6.45, 7) is 17.2. The molecule has 0 amide bonds. The highest BCUT2D eigenvalue weighted by Gasteiger charge is 3.10. The van der Waals surface area contributed by atoms with Crippen molar-refractivity contribution < 1.29 is 9.47 Å². The lowest BCUT2D eigenvalue weighted by Gasteiger charge is -2.66. The molecule has 0 aromatic heterocycles. The molecule has 8 aliphatic rings.